The molecule has 1 fully saturated rings. The van der Waals surface area contributed by atoms with E-state index in [1.165, 1.54) is 13.2 Å². The predicted octanol–water partition coefficient (Wildman–Crippen LogP) is 1.22. The maximum absolute atomic E-state index is 10.3. The SMILES string of the molecule is C=CC(=O)OC.C=CC(=O)OC1CC1. The topological polar surface area (TPSA) is 52.6 Å². The molecule has 4 nitrogen and oxygen atoms in total. The maximum Gasteiger partial charge on any atom is 0.330 e. The lowest BCUT2D eigenvalue weighted by molar-refractivity contribution is -0.139. The fourth-order valence-corrected chi connectivity index (χ4v) is 0.482. The van der Waals surface area contributed by atoms with Crippen molar-refractivity contribution in [3.63, 3.8) is 0 Å². The second-order valence-electron chi connectivity index (χ2n) is 2.57. The molecule has 0 saturated heterocycles. The summed E-state index contributed by atoms with van der Waals surface area (Å²) in [4.78, 5) is 20.2. The summed E-state index contributed by atoms with van der Waals surface area (Å²) >= 11 is 0. The van der Waals surface area contributed by atoms with Gasteiger partial charge >= 0.3 is 11.9 Å². The van der Waals surface area contributed by atoms with Crippen molar-refractivity contribution in [2.24, 2.45) is 0 Å². The van der Waals surface area contributed by atoms with Crippen molar-refractivity contribution < 1.29 is 19.1 Å². The van der Waals surface area contributed by atoms with Gasteiger partial charge in [0.15, 0.2) is 0 Å². The quantitative estimate of drug-likeness (QED) is 0.505. The van der Waals surface area contributed by atoms with Gasteiger partial charge in [0.25, 0.3) is 0 Å². The van der Waals surface area contributed by atoms with Gasteiger partial charge in [-0.1, -0.05) is 13.2 Å². The van der Waals surface area contributed by atoms with E-state index in [9.17, 15) is 9.59 Å². The van der Waals surface area contributed by atoms with Gasteiger partial charge in [-0.2, -0.15) is 0 Å². The summed E-state index contributed by atoms with van der Waals surface area (Å²) in [5.41, 5.74) is 0. The summed E-state index contributed by atoms with van der Waals surface area (Å²) in [7, 11) is 1.31. The minimum atomic E-state index is -0.394. The van der Waals surface area contributed by atoms with Crippen LogP contribution in [0.15, 0.2) is 25.3 Å². The first kappa shape index (κ1) is 12.4. The van der Waals surface area contributed by atoms with Crippen LogP contribution in [-0.2, 0) is 19.1 Å². The summed E-state index contributed by atoms with van der Waals surface area (Å²) < 4.78 is 8.90. The normalized spacial score (nSPS) is 12.9. The van der Waals surface area contributed by atoms with Gasteiger partial charge < -0.3 is 9.47 Å². The lowest BCUT2D eigenvalue weighted by Crippen LogP contribution is -2.00. The molecule has 0 aliphatic heterocycles. The third-order valence-electron chi connectivity index (χ3n) is 1.34. The summed E-state index contributed by atoms with van der Waals surface area (Å²) in [6, 6.07) is 0. The predicted molar refractivity (Wildman–Crippen MR) is 51.5 cm³/mol. The number of hydrogen-bond acceptors (Lipinski definition) is 4. The van der Waals surface area contributed by atoms with Gasteiger partial charge in [-0.15, -0.1) is 0 Å². The summed E-state index contributed by atoms with van der Waals surface area (Å²) in [5, 5.41) is 0. The zero-order valence-electron chi connectivity index (χ0n) is 8.19. The molecule has 0 N–H and O–H groups in total. The van der Waals surface area contributed by atoms with Crippen LogP contribution in [0.1, 0.15) is 12.8 Å². The molecule has 78 valence electrons. The van der Waals surface area contributed by atoms with Crippen molar-refractivity contribution in [2.45, 2.75) is 18.9 Å². The number of methoxy groups -OCH3 is 1. The van der Waals surface area contributed by atoms with Gasteiger partial charge in [0.1, 0.15) is 6.10 Å². The molecule has 0 unspecified atom stereocenters. The Labute approximate surface area is 83.2 Å². The third kappa shape index (κ3) is 7.09. The van der Waals surface area contributed by atoms with E-state index in [0.717, 1.165) is 18.9 Å². The van der Waals surface area contributed by atoms with E-state index in [2.05, 4.69) is 17.9 Å². The number of carbonyl (C=O) groups excluding carboxylic acids is 2. The fourth-order valence-electron chi connectivity index (χ4n) is 0.482. The number of esters is 2. The molecule has 1 aliphatic carbocycles. The highest BCUT2D eigenvalue weighted by Gasteiger charge is 2.24. The molecule has 0 radical (unpaired) electrons. The first-order chi connectivity index (χ1) is 6.63. The number of hydrogen-bond donors (Lipinski definition) is 0. The Morgan fingerprint density at radius 3 is 1.93 bits per heavy atom. The Kier molecular flexibility index (Phi) is 6.11. The Bertz CT molecular complexity index is 228. The largest absolute Gasteiger partial charge is 0.466 e. The van der Waals surface area contributed by atoms with Crippen LogP contribution in [0.2, 0.25) is 0 Å². The molecular formula is C10H14O4. The van der Waals surface area contributed by atoms with E-state index < -0.39 is 5.97 Å². The monoisotopic (exact) mass is 198 g/mol. The average molecular weight is 198 g/mol. The third-order valence-corrected chi connectivity index (χ3v) is 1.34. The smallest absolute Gasteiger partial charge is 0.330 e. The zero-order chi connectivity index (χ0) is 11.0. The van der Waals surface area contributed by atoms with Crippen LogP contribution in [-0.4, -0.2) is 25.2 Å². The second kappa shape index (κ2) is 6.88. The standard InChI is InChI=1S/C6H8O2.C4H6O2/c1-2-6(7)8-5-3-4-5;1-3-4(5)6-2/h2,5H,1,3-4H2;3H,1H2,2H3. The van der Waals surface area contributed by atoms with Crippen molar-refractivity contribution >= 4 is 11.9 Å². The Balaban J connectivity index is 0.000000255. The molecule has 0 spiro atoms. The maximum atomic E-state index is 10.3. The first-order valence-electron chi connectivity index (χ1n) is 4.17. The average Bonchev–Trinajstić information content (AvgIpc) is 3.01. The molecule has 4 heteroatoms. The molecule has 0 heterocycles. The Morgan fingerprint density at radius 2 is 1.71 bits per heavy atom. The fraction of sp³-hybridized carbons (Fsp3) is 0.400. The van der Waals surface area contributed by atoms with Gasteiger partial charge in [-0.3, -0.25) is 0 Å². The lowest BCUT2D eigenvalue weighted by atomic mass is 10.6. The van der Waals surface area contributed by atoms with Crippen LogP contribution in [0.5, 0.6) is 0 Å². The lowest BCUT2D eigenvalue weighted by Gasteiger charge is -1.93. The van der Waals surface area contributed by atoms with Crippen molar-refractivity contribution in [1.82, 2.24) is 0 Å². The molecule has 0 aromatic heterocycles. The minimum absolute atomic E-state index is 0.209. The van der Waals surface area contributed by atoms with E-state index in [1.807, 2.05) is 0 Å². The van der Waals surface area contributed by atoms with Crippen LogP contribution in [0, 0.1) is 0 Å². The van der Waals surface area contributed by atoms with Crippen molar-refractivity contribution in [3.8, 4) is 0 Å². The number of carbonyl (C=O) groups is 2. The molecular weight excluding hydrogens is 184 g/mol. The molecule has 1 saturated carbocycles. The summed E-state index contributed by atoms with van der Waals surface area (Å²) in [6.07, 6.45) is 4.57. The van der Waals surface area contributed by atoms with Crippen molar-refractivity contribution in [1.29, 1.82) is 0 Å². The highest BCUT2D eigenvalue weighted by atomic mass is 16.5. The van der Waals surface area contributed by atoms with Crippen LogP contribution < -0.4 is 0 Å². The number of ether oxygens (including phenoxy) is 2. The van der Waals surface area contributed by atoms with Gasteiger partial charge in [0.05, 0.1) is 7.11 Å². The Hall–Kier alpha value is -1.58. The molecule has 0 aromatic rings. The molecule has 0 aromatic carbocycles. The van der Waals surface area contributed by atoms with E-state index in [-0.39, 0.29) is 12.1 Å². The van der Waals surface area contributed by atoms with Crippen molar-refractivity contribution in [3.05, 3.63) is 25.3 Å². The van der Waals surface area contributed by atoms with Gasteiger partial charge in [-0.25, -0.2) is 9.59 Å². The van der Waals surface area contributed by atoms with E-state index in [4.69, 9.17) is 4.74 Å². The Morgan fingerprint density at radius 1 is 1.21 bits per heavy atom. The summed E-state index contributed by atoms with van der Waals surface area (Å²) in [6.45, 7) is 6.42. The molecule has 14 heavy (non-hydrogen) atoms. The molecule has 0 bridgehead atoms. The van der Waals surface area contributed by atoms with Gasteiger partial charge in [0.2, 0.25) is 0 Å². The second-order valence-corrected chi connectivity index (χ2v) is 2.57. The van der Waals surface area contributed by atoms with Crippen molar-refractivity contribution in [2.75, 3.05) is 7.11 Å². The van der Waals surface area contributed by atoms with E-state index >= 15 is 0 Å². The van der Waals surface area contributed by atoms with Crippen LogP contribution in [0.25, 0.3) is 0 Å². The van der Waals surface area contributed by atoms with Crippen LogP contribution in [0.3, 0.4) is 0 Å². The summed E-state index contributed by atoms with van der Waals surface area (Å²) in [5.74, 6) is -0.692. The first-order valence-corrected chi connectivity index (χ1v) is 4.17. The van der Waals surface area contributed by atoms with Gasteiger partial charge in [0, 0.05) is 12.2 Å². The highest BCUT2D eigenvalue weighted by Crippen LogP contribution is 2.23. The highest BCUT2D eigenvalue weighted by molar-refractivity contribution is 5.81. The molecule has 0 amide bonds. The number of rotatable bonds is 3. The molecule has 1 aliphatic rings. The molecule has 1 rings (SSSR count). The van der Waals surface area contributed by atoms with Crippen LogP contribution in [0.4, 0.5) is 0 Å². The zero-order valence-corrected chi connectivity index (χ0v) is 8.19. The van der Waals surface area contributed by atoms with Gasteiger partial charge in [-0.05, 0) is 12.8 Å². The minimum Gasteiger partial charge on any atom is -0.466 e. The van der Waals surface area contributed by atoms with E-state index in [0.29, 0.717) is 0 Å². The van der Waals surface area contributed by atoms with E-state index in [1.54, 1.807) is 0 Å². The molecule has 0 atom stereocenters. The van der Waals surface area contributed by atoms with Crippen LogP contribution >= 0.6 is 0 Å².